The smallest absolute Gasteiger partial charge is 0.0631 e. The Morgan fingerprint density at radius 1 is 0.351 bits per heavy atom. The highest BCUT2D eigenvalue weighted by atomic mass is 28.2. The maximum atomic E-state index is 2.43. The quantitative estimate of drug-likeness (QED) is 0.175. The molecule has 2 radical (unpaired) electrons. The normalized spacial score (nSPS) is 11.4. The molecule has 0 nitrogen and oxygen atoms in total. The molecule has 0 aliphatic rings. The van der Waals surface area contributed by atoms with Crippen molar-refractivity contribution in [3.63, 3.8) is 0 Å². The molecule has 0 saturated heterocycles. The zero-order valence-corrected chi connectivity index (χ0v) is 21.4. The molecule has 0 aromatic heterocycles. The number of benzene rings is 7. The molecule has 37 heavy (non-hydrogen) atoms. The first kappa shape index (κ1) is 21.8. The number of rotatable bonds is 4. The third kappa shape index (κ3) is 3.85. The van der Waals surface area contributed by atoms with Gasteiger partial charge in [-0.1, -0.05) is 156 Å². The Morgan fingerprint density at radius 2 is 0.946 bits per heavy atom. The Labute approximate surface area is 219 Å². The average molecular weight is 485 g/mol. The minimum Gasteiger partial charge on any atom is -0.0631 e. The number of fused-ring (bicyclic) bond motifs is 3. The lowest BCUT2D eigenvalue weighted by atomic mass is 9.85. The van der Waals surface area contributed by atoms with E-state index in [1.807, 2.05) is 0 Å². The van der Waals surface area contributed by atoms with E-state index < -0.39 is 0 Å². The summed E-state index contributed by atoms with van der Waals surface area (Å²) in [6, 6.07) is 53.1. The van der Waals surface area contributed by atoms with Crippen molar-refractivity contribution in [1.82, 2.24) is 0 Å². The Morgan fingerprint density at radius 3 is 1.73 bits per heavy atom. The highest BCUT2D eigenvalue weighted by Crippen LogP contribution is 2.44. The van der Waals surface area contributed by atoms with Crippen LogP contribution in [0, 0.1) is 0 Å². The van der Waals surface area contributed by atoms with Gasteiger partial charge in [-0.15, -0.1) is 0 Å². The predicted molar refractivity (Wildman–Crippen MR) is 161 cm³/mol. The summed E-state index contributed by atoms with van der Waals surface area (Å²) in [6.07, 6.45) is 0. The van der Waals surface area contributed by atoms with Crippen molar-refractivity contribution < 1.29 is 0 Å². The molecule has 0 bridgehead atoms. The fraction of sp³-hybridized carbons (Fsp3) is 0. The van der Waals surface area contributed by atoms with Crippen LogP contribution in [-0.4, -0.2) is 9.52 Å². The van der Waals surface area contributed by atoms with Gasteiger partial charge in [0.15, 0.2) is 0 Å². The van der Waals surface area contributed by atoms with Crippen LogP contribution >= 0.6 is 0 Å². The van der Waals surface area contributed by atoms with Gasteiger partial charge in [0.2, 0.25) is 0 Å². The van der Waals surface area contributed by atoms with Gasteiger partial charge in [-0.3, -0.25) is 0 Å². The van der Waals surface area contributed by atoms with E-state index in [-0.39, 0.29) is 0 Å². The van der Waals surface area contributed by atoms with Gasteiger partial charge in [0.1, 0.15) is 9.52 Å². The molecule has 7 aromatic carbocycles. The SMILES string of the molecule is c1ccc([Si]c2ccc3c(-c4cccc5ccccc45)c4ccccc4c(-c4ccccc4)c3c2)cc1. The Bertz CT molecular complexity index is 1880. The second kappa shape index (κ2) is 9.20. The van der Waals surface area contributed by atoms with Gasteiger partial charge in [-0.25, -0.2) is 0 Å². The van der Waals surface area contributed by atoms with E-state index in [9.17, 15) is 0 Å². The summed E-state index contributed by atoms with van der Waals surface area (Å²) < 4.78 is 0. The fourth-order valence-corrected chi connectivity index (χ4v) is 6.67. The molecule has 0 amide bonds. The lowest BCUT2D eigenvalue weighted by molar-refractivity contribution is 1.67. The van der Waals surface area contributed by atoms with Crippen molar-refractivity contribution in [3.8, 4) is 22.3 Å². The van der Waals surface area contributed by atoms with E-state index in [2.05, 4.69) is 146 Å². The Balaban J connectivity index is 1.61. The summed E-state index contributed by atoms with van der Waals surface area (Å²) in [5.41, 5.74) is 5.18. The van der Waals surface area contributed by atoms with E-state index in [1.165, 1.54) is 64.9 Å². The first-order chi connectivity index (χ1) is 18.4. The highest BCUT2D eigenvalue weighted by Gasteiger charge is 2.18. The molecule has 0 aliphatic heterocycles. The molecule has 0 heterocycles. The standard InChI is InChI=1S/C36H24Si/c1-3-13-26(14-4-1)35-31-19-9-10-20-32(31)36(30-21-11-15-25-12-7-8-18-29(25)30)33-23-22-28(24-34(33)35)37-27-16-5-2-6-17-27/h1-24H. The van der Waals surface area contributed by atoms with Crippen molar-refractivity contribution in [2.24, 2.45) is 0 Å². The van der Waals surface area contributed by atoms with Gasteiger partial charge in [-0.2, -0.15) is 0 Å². The molecule has 0 aliphatic carbocycles. The van der Waals surface area contributed by atoms with Crippen LogP contribution in [0.25, 0.3) is 54.6 Å². The molecule has 0 N–H and O–H groups in total. The molecular formula is C36H24Si. The first-order valence-corrected chi connectivity index (χ1v) is 13.7. The van der Waals surface area contributed by atoms with Gasteiger partial charge in [0.25, 0.3) is 0 Å². The van der Waals surface area contributed by atoms with Gasteiger partial charge >= 0.3 is 0 Å². The lowest BCUT2D eigenvalue weighted by Crippen LogP contribution is -2.26. The van der Waals surface area contributed by atoms with Crippen molar-refractivity contribution in [2.45, 2.75) is 0 Å². The highest BCUT2D eigenvalue weighted by molar-refractivity contribution is 6.67. The molecule has 7 aromatic rings. The summed E-state index contributed by atoms with van der Waals surface area (Å²) in [7, 11) is 0.619. The van der Waals surface area contributed by atoms with Crippen LogP contribution in [0.4, 0.5) is 0 Å². The van der Waals surface area contributed by atoms with Gasteiger partial charge in [-0.05, 0) is 54.6 Å². The second-order valence-corrected chi connectivity index (χ2v) is 10.8. The van der Waals surface area contributed by atoms with Gasteiger partial charge < -0.3 is 0 Å². The number of hydrogen-bond acceptors (Lipinski definition) is 0. The van der Waals surface area contributed by atoms with Crippen LogP contribution in [0.5, 0.6) is 0 Å². The first-order valence-electron chi connectivity index (χ1n) is 12.7. The summed E-state index contributed by atoms with van der Waals surface area (Å²) in [5.74, 6) is 0. The molecule has 172 valence electrons. The third-order valence-corrected chi connectivity index (χ3v) is 8.43. The van der Waals surface area contributed by atoms with Crippen molar-refractivity contribution in [2.75, 3.05) is 0 Å². The molecule has 7 rings (SSSR count). The predicted octanol–water partition coefficient (Wildman–Crippen LogP) is 8.14. The van der Waals surface area contributed by atoms with Crippen molar-refractivity contribution in [3.05, 3.63) is 146 Å². The molecule has 1 heteroatoms. The van der Waals surface area contributed by atoms with Gasteiger partial charge in [0, 0.05) is 0 Å². The molecule has 0 fully saturated rings. The van der Waals surface area contributed by atoms with Crippen LogP contribution in [0.3, 0.4) is 0 Å². The van der Waals surface area contributed by atoms with Crippen LogP contribution in [0.1, 0.15) is 0 Å². The minimum atomic E-state index is 0.619. The van der Waals surface area contributed by atoms with E-state index >= 15 is 0 Å². The molecule has 0 atom stereocenters. The number of hydrogen-bond donors (Lipinski definition) is 0. The average Bonchev–Trinajstić information content (AvgIpc) is 2.97. The topological polar surface area (TPSA) is 0 Å². The summed E-state index contributed by atoms with van der Waals surface area (Å²) in [5, 5.41) is 10.5. The largest absolute Gasteiger partial charge is 0.121 e. The van der Waals surface area contributed by atoms with Gasteiger partial charge in [0.05, 0.1) is 0 Å². The zero-order chi connectivity index (χ0) is 24.6. The van der Waals surface area contributed by atoms with Crippen LogP contribution in [0.15, 0.2) is 146 Å². The summed E-state index contributed by atoms with van der Waals surface area (Å²) >= 11 is 0. The summed E-state index contributed by atoms with van der Waals surface area (Å²) in [4.78, 5) is 0. The van der Waals surface area contributed by atoms with Crippen molar-refractivity contribution >= 4 is 52.2 Å². The van der Waals surface area contributed by atoms with E-state index in [0.717, 1.165) is 0 Å². The fourth-order valence-electron chi connectivity index (χ4n) is 5.59. The maximum absolute atomic E-state index is 2.43. The molecule has 0 saturated carbocycles. The van der Waals surface area contributed by atoms with Crippen LogP contribution in [-0.2, 0) is 0 Å². The third-order valence-electron chi connectivity index (χ3n) is 7.21. The Kier molecular flexibility index (Phi) is 5.42. The van der Waals surface area contributed by atoms with Crippen LogP contribution < -0.4 is 10.4 Å². The lowest BCUT2D eigenvalue weighted by Gasteiger charge is -2.19. The summed E-state index contributed by atoms with van der Waals surface area (Å²) in [6.45, 7) is 0. The molecule has 0 spiro atoms. The van der Waals surface area contributed by atoms with E-state index in [4.69, 9.17) is 0 Å². The van der Waals surface area contributed by atoms with Crippen LogP contribution in [0.2, 0.25) is 0 Å². The van der Waals surface area contributed by atoms with E-state index in [1.54, 1.807) is 0 Å². The Hall–Kier alpha value is -4.46. The zero-order valence-electron chi connectivity index (χ0n) is 20.4. The minimum absolute atomic E-state index is 0.619. The molecule has 0 unspecified atom stereocenters. The second-order valence-electron chi connectivity index (χ2n) is 9.44. The maximum Gasteiger partial charge on any atom is 0.121 e. The van der Waals surface area contributed by atoms with Crippen molar-refractivity contribution in [1.29, 1.82) is 0 Å². The molecular weight excluding hydrogens is 460 g/mol. The van der Waals surface area contributed by atoms with E-state index in [0.29, 0.717) is 9.52 Å². The monoisotopic (exact) mass is 484 g/mol.